The third-order valence-electron chi connectivity index (χ3n) is 8.02. The Labute approximate surface area is 304 Å². The van der Waals surface area contributed by atoms with Crippen LogP contribution in [0.25, 0.3) is 5.57 Å². The fourth-order valence-corrected chi connectivity index (χ4v) is 7.58. The van der Waals surface area contributed by atoms with Crippen molar-refractivity contribution in [1.29, 1.82) is 0 Å². The first-order valence-corrected chi connectivity index (χ1v) is 20.1. The molecule has 1 aliphatic rings. The second-order valence-electron chi connectivity index (χ2n) is 11.4. The summed E-state index contributed by atoms with van der Waals surface area (Å²) in [5.41, 5.74) is 5.37. The van der Waals surface area contributed by atoms with Gasteiger partial charge in [0.1, 0.15) is 4.90 Å². The van der Waals surface area contributed by atoms with E-state index in [1.54, 1.807) is 55.5 Å². The smallest absolute Gasteiger partial charge is 0.296 e. The van der Waals surface area contributed by atoms with Gasteiger partial charge in [-0.1, -0.05) is 66.7 Å². The van der Waals surface area contributed by atoms with Crippen molar-refractivity contribution in [2.45, 2.75) is 41.6 Å². The average molecular weight is 767 g/mol. The van der Waals surface area contributed by atoms with Crippen LogP contribution in [-0.2, 0) is 47.6 Å². The van der Waals surface area contributed by atoms with Crippen LogP contribution < -0.4 is 4.90 Å². The summed E-state index contributed by atoms with van der Waals surface area (Å²) in [6, 6.07) is 26.0. The first-order valence-electron chi connectivity index (χ1n) is 15.8. The lowest BCUT2D eigenvalue weighted by atomic mass is 9.90. The Balaban J connectivity index is 0.00000605. The SMILES string of the molecule is CCOS(=O)(=O)c1ccc(CN=C2C=CC(=C(c3ccc(N(CC)Cc4ccc(S(=O)(=O)O)cc4)cc3)c3ccccc3S(=O)(=O)O)C=C2)cc1.O. The van der Waals surface area contributed by atoms with Gasteiger partial charge >= 0.3 is 0 Å². The Morgan fingerprint density at radius 1 is 0.692 bits per heavy atom. The van der Waals surface area contributed by atoms with E-state index in [1.165, 1.54) is 36.4 Å². The molecule has 0 fully saturated rings. The lowest BCUT2D eigenvalue weighted by Gasteiger charge is -2.24. The van der Waals surface area contributed by atoms with Gasteiger partial charge in [0, 0.05) is 24.3 Å². The highest BCUT2D eigenvalue weighted by Gasteiger charge is 2.21. The fraction of sp³-hybridized carbons (Fsp3) is 0.162. The number of nitrogens with zero attached hydrogens (tertiary/aromatic N) is 2. The van der Waals surface area contributed by atoms with Gasteiger partial charge in [-0.25, -0.2) is 0 Å². The highest BCUT2D eigenvalue weighted by Crippen LogP contribution is 2.35. The van der Waals surface area contributed by atoms with Crippen LogP contribution in [-0.4, -0.2) is 58.7 Å². The van der Waals surface area contributed by atoms with E-state index in [9.17, 15) is 34.4 Å². The molecule has 15 heteroatoms. The second-order valence-corrected chi connectivity index (χ2v) is 15.8. The minimum Gasteiger partial charge on any atom is -0.412 e. The van der Waals surface area contributed by atoms with Crippen LogP contribution in [0.15, 0.2) is 147 Å². The third kappa shape index (κ3) is 9.77. The highest BCUT2D eigenvalue weighted by atomic mass is 32.2. The molecule has 0 unspecified atom stereocenters. The van der Waals surface area contributed by atoms with Crippen LogP contribution in [0.3, 0.4) is 0 Å². The van der Waals surface area contributed by atoms with Crippen molar-refractivity contribution in [3.8, 4) is 0 Å². The van der Waals surface area contributed by atoms with Gasteiger partial charge in [-0.05, 0) is 96.3 Å². The first-order chi connectivity index (χ1) is 24.2. The number of aliphatic imine (C=N–C) groups is 1. The predicted octanol–water partition coefficient (Wildman–Crippen LogP) is 5.68. The zero-order valence-corrected chi connectivity index (χ0v) is 30.7. The topological polar surface area (TPSA) is 199 Å². The monoisotopic (exact) mass is 766 g/mol. The zero-order valence-electron chi connectivity index (χ0n) is 28.2. The van der Waals surface area contributed by atoms with Gasteiger partial charge in [-0.15, -0.1) is 0 Å². The van der Waals surface area contributed by atoms with Crippen LogP contribution in [0.5, 0.6) is 0 Å². The molecule has 4 aromatic rings. The molecule has 0 amide bonds. The minimum atomic E-state index is -4.58. The van der Waals surface area contributed by atoms with Gasteiger partial charge in [0.25, 0.3) is 30.4 Å². The molecule has 5 rings (SSSR count). The van der Waals surface area contributed by atoms with Gasteiger partial charge < -0.3 is 10.4 Å². The van der Waals surface area contributed by atoms with Crippen LogP contribution in [0.2, 0.25) is 0 Å². The van der Waals surface area contributed by atoms with Gasteiger partial charge in [0.15, 0.2) is 0 Å². The molecule has 4 N–H and O–H groups in total. The standard InChI is InChI=1S/C37H36N2O9S3.H2O/c1-3-39(26-28-11-21-33(22-12-28)49(40,41)42)32-19-15-30(16-20-32)37(35-7-5-6-8-36(35)50(43,44)45)29-13-17-31(18-14-29)38-25-27-9-23-34(24-10-27)51(46,47)48-4-2;/h5-24H,3-4,25-26H2,1-2H3,(H,40,41,42)(H,43,44,45);1H2. The normalized spacial score (nSPS) is 13.1. The third-order valence-corrected chi connectivity index (χ3v) is 11.2. The van der Waals surface area contributed by atoms with Crippen molar-refractivity contribution in [3.63, 3.8) is 0 Å². The summed E-state index contributed by atoms with van der Waals surface area (Å²) < 4.78 is 96.3. The maximum Gasteiger partial charge on any atom is 0.296 e. The largest absolute Gasteiger partial charge is 0.412 e. The van der Waals surface area contributed by atoms with E-state index >= 15 is 0 Å². The van der Waals surface area contributed by atoms with E-state index in [-0.39, 0.29) is 33.3 Å². The molecule has 1 aliphatic carbocycles. The lowest BCUT2D eigenvalue weighted by Crippen LogP contribution is -2.22. The Bertz CT molecular complexity index is 2330. The molecule has 0 aromatic heterocycles. The fourth-order valence-electron chi connectivity index (χ4n) is 5.49. The van der Waals surface area contributed by atoms with Crippen molar-refractivity contribution in [2.24, 2.45) is 4.99 Å². The molecule has 0 atom stereocenters. The molecular weight excluding hydrogens is 729 g/mol. The van der Waals surface area contributed by atoms with Crippen molar-refractivity contribution < 1.29 is 44.0 Å². The summed E-state index contributed by atoms with van der Waals surface area (Å²) in [6.07, 6.45) is 7.21. The molecular formula is C37H38N2O10S3. The van der Waals surface area contributed by atoms with Crippen LogP contribution in [0.4, 0.5) is 5.69 Å². The van der Waals surface area contributed by atoms with Gasteiger partial charge in [0.05, 0.1) is 28.7 Å². The quantitative estimate of drug-likeness (QED) is 0.126. The van der Waals surface area contributed by atoms with Crippen molar-refractivity contribution >= 4 is 47.3 Å². The van der Waals surface area contributed by atoms with Gasteiger partial charge in [-0.3, -0.25) is 18.3 Å². The van der Waals surface area contributed by atoms with Crippen LogP contribution in [0, 0.1) is 0 Å². The maximum absolute atomic E-state index is 12.5. The molecule has 274 valence electrons. The van der Waals surface area contributed by atoms with E-state index in [2.05, 4.69) is 9.89 Å². The molecule has 4 aromatic carbocycles. The minimum absolute atomic E-state index is 0. The molecule has 0 heterocycles. The molecule has 52 heavy (non-hydrogen) atoms. The molecule has 0 aliphatic heterocycles. The summed E-state index contributed by atoms with van der Waals surface area (Å²) >= 11 is 0. The van der Waals surface area contributed by atoms with Crippen LogP contribution >= 0.6 is 0 Å². The Morgan fingerprint density at radius 3 is 1.83 bits per heavy atom. The van der Waals surface area contributed by atoms with E-state index < -0.39 is 30.4 Å². The molecule has 0 bridgehead atoms. The highest BCUT2D eigenvalue weighted by molar-refractivity contribution is 7.87. The Kier molecular flexibility index (Phi) is 12.9. The summed E-state index contributed by atoms with van der Waals surface area (Å²) in [5.74, 6) is 0. The van der Waals surface area contributed by atoms with E-state index in [0.717, 1.165) is 16.8 Å². The number of allylic oxidation sites excluding steroid dienone is 5. The lowest BCUT2D eigenvalue weighted by molar-refractivity contribution is 0.338. The van der Waals surface area contributed by atoms with Crippen LogP contribution in [0.1, 0.15) is 36.1 Å². The molecule has 0 spiro atoms. The number of hydrogen-bond donors (Lipinski definition) is 2. The predicted molar refractivity (Wildman–Crippen MR) is 200 cm³/mol. The van der Waals surface area contributed by atoms with Crippen molar-refractivity contribution in [2.75, 3.05) is 18.1 Å². The molecule has 0 saturated carbocycles. The number of hydrogen-bond acceptors (Lipinski definition) is 9. The van der Waals surface area contributed by atoms with Crippen molar-refractivity contribution in [1.82, 2.24) is 0 Å². The maximum atomic E-state index is 12.5. The summed E-state index contributed by atoms with van der Waals surface area (Å²) in [5, 5.41) is 0. The molecule has 0 saturated heterocycles. The van der Waals surface area contributed by atoms with E-state index in [1.807, 2.05) is 43.3 Å². The number of anilines is 1. The summed E-state index contributed by atoms with van der Waals surface area (Å²) in [7, 11) is -12.7. The molecule has 12 nitrogen and oxygen atoms in total. The first kappa shape index (κ1) is 40.0. The zero-order chi connectivity index (χ0) is 36.8. The summed E-state index contributed by atoms with van der Waals surface area (Å²) in [4.78, 5) is 6.34. The van der Waals surface area contributed by atoms with Gasteiger partial charge in [-0.2, -0.15) is 25.3 Å². The van der Waals surface area contributed by atoms with Crippen molar-refractivity contribution in [3.05, 3.63) is 149 Å². The summed E-state index contributed by atoms with van der Waals surface area (Å²) in [6.45, 7) is 5.00. The van der Waals surface area contributed by atoms with E-state index in [0.29, 0.717) is 41.1 Å². The second kappa shape index (κ2) is 16.7. The molecule has 0 radical (unpaired) electrons. The Hall–Kier alpha value is -4.74. The Morgan fingerprint density at radius 2 is 1.27 bits per heavy atom. The number of benzene rings is 4. The average Bonchev–Trinajstić information content (AvgIpc) is 3.10. The van der Waals surface area contributed by atoms with E-state index in [4.69, 9.17) is 4.18 Å². The van der Waals surface area contributed by atoms with Gasteiger partial charge in [0.2, 0.25) is 0 Å². The number of rotatable bonds is 13.